The number of rotatable bonds is 3. The van der Waals surface area contributed by atoms with Crippen molar-refractivity contribution in [3.05, 3.63) is 33.6 Å². The van der Waals surface area contributed by atoms with E-state index in [0.29, 0.717) is 33.0 Å². The number of hydrogen-bond donors (Lipinski definition) is 1. The highest BCUT2D eigenvalue weighted by Crippen LogP contribution is 2.32. The summed E-state index contributed by atoms with van der Waals surface area (Å²) in [6.45, 7) is 0. The van der Waals surface area contributed by atoms with E-state index in [4.69, 9.17) is 23.2 Å². The van der Waals surface area contributed by atoms with Gasteiger partial charge in [0.2, 0.25) is 5.91 Å². The van der Waals surface area contributed by atoms with Crippen LogP contribution in [0.2, 0.25) is 10.0 Å². The minimum Gasteiger partial charge on any atom is -0.297 e. The molecule has 0 saturated carbocycles. The molecular formula is C15H12Cl2N4O2S. The summed E-state index contributed by atoms with van der Waals surface area (Å²) in [6, 6.07) is 5.14. The Bertz CT molecular complexity index is 850. The fraction of sp³-hybridized carbons (Fsp3) is 0.200. The summed E-state index contributed by atoms with van der Waals surface area (Å²) in [5.74, 6) is -0.474. The lowest BCUT2D eigenvalue weighted by molar-refractivity contribution is -0.130. The van der Waals surface area contributed by atoms with Gasteiger partial charge in [-0.15, -0.1) is 11.3 Å². The van der Waals surface area contributed by atoms with E-state index in [2.05, 4.69) is 15.4 Å². The zero-order valence-electron chi connectivity index (χ0n) is 12.5. The van der Waals surface area contributed by atoms with Crippen LogP contribution in [-0.4, -0.2) is 34.6 Å². The number of benzene rings is 1. The number of nitrogens with one attached hydrogen (secondary N) is 1. The molecule has 0 fully saturated rings. The van der Waals surface area contributed by atoms with Crippen LogP contribution in [0.25, 0.3) is 11.3 Å². The second kappa shape index (κ2) is 6.88. The second-order valence-corrected chi connectivity index (χ2v) is 6.78. The van der Waals surface area contributed by atoms with E-state index in [1.807, 2.05) is 0 Å². The molecule has 2 aromatic rings. The highest BCUT2D eigenvalue weighted by molar-refractivity contribution is 7.14. The van der Waals surface area contributed by atoms with Crippen molar-refractivity contribution in [1.82, 2.24) is 9.99 Å². The molecule has 0 aliphatic carbocycles. The van der Waals surface area contributed by atoms with E-state index < -0.39 is 0 Å². The summed E-state index contributed by atoms with van der Waals surface area (Å²) in [7, 11) is 1.53. The van der Waals surface area contributed by atoms with Crippen LogP contribution >= 0.6 is 34.5 Å². The molecule has 0 radical (unpaired) electrons. The van der Waals surface area contributed by atoms with Gasteiger partial charge in [-0.1, -0.05) is 23.2 Å². The zero-order valence-corrected chi connectivity index (χ0v) is 14.9. The molecule has 0 atom stereocenters. The van der Waals surface area contributed by atoms with E-state index in [-0.39, 0.29) is 18.2 Å². The largest absolute Gasteiger partial charge is 0.297 e. The highest BCUT2D eigenvalue weighted by atomic mass is 35.5. The van der Waals surface area contributed by atoms with Gasteiger partial charge in [-0.05, 0) is 18.2 Å². The van der Waals surface area contributed by atoms with E-state index >= 15 is 0 Å². The van der Waals surface area contributed by atoms with Crippen molar-refractivity contribution in [3.63, 3.8) is 0 Å². The molecule has 0 saturated heterocycles. The molecule has 0 unspecified atom stereocenters. The van der Waals surface area contributed by atoms with Crippen LogP contribution in [0, 0.1) is 0 Å². The molecule has 1 aromatic heterocycles. The fourth-order valence-electron chi connectivity index (χ4n) is 2.15. The number of nitrogens with zero attached hydrogens (tertiary/aromatic N) is 3. The number of carbonyl (C=O) groups is 2. The summed E-state index contributed by atoms with van der Waals surface area (Å²) in [6.07, 6.45) is 0.586. The maximum Gasteiger partial charge on any atom is 0.273 e. The van der Waals surface area contributed by atoms with Gasteiger partial charge in [0.1, 0.15) is 5.71 Å². The smallest absolute Gasteiger partial charge is 0.273 e. The molecule has 2 amide bonds. The lowest BCUT2D eigenvalue weighted by atomic mass is 10.1. The maximum atomic E-state index is 12.2. The Balaban J connectivity index is 1.76. The third-order valence-electron chi connectivity index (χ3n) is 3.40. The van der Waals surface area contributed by atoms with Crippen molar-refractivity contribution in [2.45, 2.75) is 12.8 Å². The first kappa shape index (κ1) is 16.9. The van der Waals surface area contributed by atoms with Gasteiger partial charge < -0.3 is 0 Å². The van der Waals surface area contributed by atoms with Crippen LogP contribution in [0.5, 0.6) is 0 Å². The number of carbonyl (C=O) groups excluding carboxylic acids is 2. The summed E-state index contributed by atoms with van der Waals surface area (Å²) >= 11 is 13.3. The molecule has 1 aromatic carbocycles. The second-order valence-electron chi connectivity index (χ2n) is 5.08. The number of anilines is 1. The van der Waals surface area contributed by atoms with Crippen LogP contribution in [-0.2, 0) is 9.59 Å². The minimum absolute atomic E-state index is 0.111. The van der Waals surface area contributed by atoms with Crippen molar-refractivity contribution in [2.24, 2.45) is 5.10 Å². The number of hydrogen-bond acceptors (Lipinski definition) is 5. The van der Waals surface area contributed by atoms with E-state index in [9.17, 15) is 9.59 Å². The molecule has 0 bridgehead atoms. The third-order valence-corrected chi connectivity index (χ3v) is 4.71. The Hall–Kier alpha value is -1.96. The first-order chi connectivity index (χ1) is 11.4. The van der Waals surface area contributed by atoms with E-state index in [1.165, 1.54) is 23.4 Å². The Morgan fingerprint density at radius 2 is 2.12 bits per heavy atom. The average Bonchev–Trinajstić information content (AvgIpc) is 2.98. The number of hydrazone groups is 1. The number of aromatic nitrogens is 1. The molecule has 1 aliphatic rings. The number of halogens is 2. The molecule has 2 heterocycles. The molecule has 1 N–H and O–H groups in total. The van der Waals surface area contributed by atoms with Crippen LogP contribution in [0.4, 0.5) is 5.13 Å². The van der Waals surface area contributed by atoms with E-state index in [1.54, 1.807) is 23.6 Å². The lowest BCUT2D eigenvalue weighted by Crippen LogP contribution is -2.34. The Kier molecular flexibility index (Phi) is 4.84. The lowest BCUT2D eigenvalue weighted by Gasteiger charge is -2.18. The monoisotopic (exact) mass is 382 g/mol. The molecule has 124 valence electrons. The normalized spacial score (nSPS) is 14.5. The SMILES string of the molecule is CN1N=C(C(=O)Nc2nc(-c3ccc(Cl)cc3Cl)cs2)CCC1=O. The Morgan fingerprint density at radius 1 is 1.33 bits per heavy atom. The predicted octanol–water partition coefficient (Wildman–Crippen LogP) is 3.66. The summed E-state index contributed by atoms with van der Waals surface area (Å²) in [4.78, 5) is 28.0. The topological polar surface area (TPSA) is 74.7 Å². The van der Waals surface area contributed by atoms with Gasteiger partial charge in [-0.2, -0.15) is 5.10 Å². The maximum absolute atomic E-state index is 12.2. The van der Waals surface area contributed by atoms with Crippen molar-refractivity contribution < 1.29 is 9.59 Å². The standard InChI is InChI=1S/C15H12Cl2N4O2S/c1-21-13(22)5-4-11(20-21)14(23)19-15-18-12(7-24-15)9-3-2-8(16)6-10(9)17/h2-3,6-7H,4-5H2,1H3,(H,18,19,23). The van der Waals surface area contributed by atoms with Crippen molar-refractivity contribution in [1.29, 1.82) is 0 Å². The minimum atomic E-state index is -0.363. The zero-order chi connectivity index (χ0) is 17.3. The van der Waals surface area contributed by atoms with Gasteiger partial charge in [-0.3, -0.25) is 14.9 Å². The predicted molar refractivity (Wildman–Crippen MR) is 95.6 cm³/mol. The average molecular weight is 383 g/mol. The van der Waals surface area contributed by atoms with Gasteiger partial charge in [-0.25, -0.2) is 9.99 Å². The first-order valence-electron chi connectivity index (χ1n) is 7.00. The highest BCUT2D eigenvalue weighted by Gasteiger charge is 2.22. The first-order valence-corrected chi connectivity index (χ1v) is 8.64. The van der Waals surface area contributed by atoms with Crippen LogP contribution < -0.4 is 5.32 Å². The quantitative estimate of drug-likeness (QED) is 0.879. The number of thiazole rings is 1. The molecule has 9 heteroatoms. The number of amides is 2. The van der Waals surface area contributed by atoms with Crippen LogP contribution in [0.15, 0.2) is 28.7 Å². The summed E-state index contributed by atoms with van der Waals surface area (Å²) in [5, 5.41) is 11.1. The van der Waals surface area contributed by atoms with Gasteiger partial charge in [0.25, 0.3) is 5.91 Å². The van der Waals surface area contributed by atoms with Crippen molar-refractivity contribution >= 4 is 57.2 Å². The molecular weight excluding hydrogens is 371 g/mol. The summed E-state index contributed by atoms with van der Waals surface area (Å²) in [5.41, 5.74) is 1.69. The molecule has 0 spiro atoms. The van der Waals surface area contributed by atoms with Crippen molar-refractivity contribution in [2.75, 3.05) is 12.4 Å². The third kappa shape index (κ3) is 3.58. The van der Waals surface area contributed by atoms with E-state index in [0.717, 1.165) is 5.56 Å². The molecule has 1 aliphatic heterocycles. The van der Waals surface area contributed by atoms with Gasteiger partial charge in [0, 0.05) is 35.9 Å². The van der Waals surface area contributed by atoms with Crippen LogP contribution in [0.3, 0.4) is 0 Å². The molecule has 24 heavy (non-hydrogen) atoms. The van der Waals surface area contributed by atoms with Gasteiger partial charge in [0.05, 0.1) is 10.7 Å². The Labute approximate surface area is 152 Å². The fourth-order valence-corrected chi connectivity index (χ4v) is 3.37. The van der Waals surface area contributed by atoms with Crippen LogP contribution in [0.1, 0.15) is 12.8 Å². The summed E-state index contributed by atoms with van der Waals surface area (Å²) < 4.78 is 0. The Morgan fingerprint density at radius 3 is 2.83 bits per heavy atom. The van der Waals surface area contributed by atoms with Gasteiger partial charge in [0.15, 0.2) is 5.13 Å². The van der Waals surface area contributed by atoms with Gasteiger partial charge >= 0.3 is 0 Å². The van der Waals surface area contributed by atoms with Crippen molar-refractivity contribution in [3.8, 4) is 11.3 Å². The molecule has 6 nitrogen and oxygen atoms in total. The molecule has 3 rings (SSSR count).